The fourth-order valence-electron chi connectivity index (χ4n) is 2.16. The number of hydrogen-bond donors (Lipinski definition) is 0. The minimum Gasteiger partial charge on any atom is -0.452 e. The van der Waals surface area contributed by atoms with Gasteiger partial charge in [-0.15, -0.1) is 0 Å². The van der Waals surface area contributed by atoms with Crippen molar-refractivity contribution >= 4 is 38.9 Å². The predicted molar refractivity (Wildman–Crippen MR) is 101 cm³/mol. The normalized spacial score (nSPS) is 11.0. The minimum atomic E-state index is -3.53. The van der Waals surface area contributed by atoms with E-state index in [0.29, 0.717) is 6.54 Å². The molecule has 26 heavy (non-hydrogen) atoms. The highest BCUT2D eigenvalue weighted by molar-refractivity contribution is 7.92. The Morgan fingerprint density at radius 3 is 2.46 bits per heavy atom. The van der Waals surface area contributed by atoms with Gasteiger partial charge in [0.05, 0.1) is 17.5 Å². The Labute approximate surface area is 156 Å². The molecule has 2 rings (SSSR count). The van der Waals surface area contributed by atoms with Crippen LogP contribution in [-0.4, -0.2) is 52.2 Å². The molecule has 0 aliphatic heterocycles. The molecule has 0 fully saturated rings. The molecule has 0 N–H and O–H groups in total. The predicted octanol–water partition coefficient (Wildman–Crippen LogP) is 1.96. The summed E-state index contributed by atoms with van der Waals surface area (Å²) < 4.78 is 29.5. The fraction of sp³-hybridized carbons (Fsp3) is 0.294. The number of benzene rings is 1. The standard InChI is InChI=1S/C17H20N2O5S2/c1-18(10-13-8-9-25-12-13)16(20)11-24-17(21)14-6-4-5-7-15(14)19(2)26(3,22)23/h4-9,12H,10-11H2,1-3H3. The number of nitrogens with zero attached hydrogens (tertiary/aromatic N) is 2. The van der Waals surface area contributed by atoms with Crippen LogP contribution in [0.2, 0.25) is 0 Å². The average molecular weight is 396 g/mol. The Morgan fingerprint density at radius 2 is 1.85 bits per heavy atom. The second-order valence-corrected chi connectivity index (χ2v) is 8.50. The number of amides is 1. The van der Waals surface area contributed by atoms with Gasteiger partial charge in [0.1, 0.15) is 0 Å². The smallest absolute Gasteiger partial charge is 0.340 e. The van der Waals surface area contributed by atoms with Gasteiger partial charge in [-0.25, -0.2) is 13.2 Å². The number of rotatable bonds is 7. The van der Waals surface area contributed by atoms with Crippen molar-refractivity contribution in [2.45, 2.75) is 6.54 Å². The molecule has 1 aromatic carbocycles. The zero-order chi connectivity index (χ0) is 19.3. The highest BCUT2D eigenvalue weighted by Gasteiger charge is 2.21. The molecule has 0 bridgehead atoms. The lowest BCUT2D eigenvalue weighted by Crippen LogP contribution is -2.31. The Balaban J connectivity index is 2.03. The van der Waals surface area contributed by atoms with Gasteiger partial charge in [-0.2, -0.15) is 11.3 Å². The van der Waals surface area contributed by atoms with Crippen molar-refractivity contribution in [2.75, 3.05) is 31.3 Å². The van der Waals surface area contributed by atoms with Gasteiger partial charge in [-0.3, -0.25) is 9.10 Å². The van der Waals surface area contributed by atoms with Crippen LogP contribution in [0.4, 0.5) is 5.69 Å². The van der Waals surface area contributed by atoms with Crippen LogP contribution in [0, 0.1) is 0 Å². The molecule has 0 unspecified atom stereocenters. The number of carbonyl (C=O) groups is 2. The van der Waals surface area contributed by atoms with Gasteiger partial charge in [0.2, 0.25) is 10.0 Å². The van der Waals surface area contributed by atoms with Crippen LogP contribution < -0.4 is 4.31 Å². The molecule has 0 spiro atoms. The Bertz CT molecular complexity index is 878. The summed E-state index contributed by atoms with van der Waals surface area (Å²) in [6, 6.07) is 8.09. The van der Waals surface area contributed by atoms with Gasteiger partial charge >= 0.3 is 5.97 Å². The molecule has 0 saturated heterocycles. The van der Waals surface area contributed by atoms with Crippen LogP contribution in [0.15, 0.2) is 41.1 Å². The number of likely N-dealkylation sites (N-methyl/N-ethyl adjacent to an activating group) is 1. The SMILES string of the molecule is CN(Cc1ccsc1)C(=O)COC(=O)c1ccccc1N(C)S(C)(=O)=O. The van der Waals surface area contributed by atoms with Crippen LogP contribution in [0.3, 0.4) is 0 Å². The molecule has 140 valence electrons. The zero-order valence-electron chi connectivity index (χ0n) is 14.7. The molecule has 1 aromatic heterocycles. The summed E-state index contributed by atoms with van der Waals surface area (Å²) in [7, 11) is -0.562. The number of esters is 1. The molecule has 0 radical (unpaired) electrons. The maximum Gasteiger partial charge on any atom is 0.340 e. The molecule has 9 heteroatoms. The first kappa shape index (κ1) is 19.9. The molecule has 7 nitrogen and oxygen atoms in total. The average Bonchev–Trinajstić information content (AvgIpc) is 3.10. The largest absolute Gasteiger partial charge is 0.452 e. The molecule has 2 aromatic rings. The second kappa shape index (κ2) is 8.33. The lowest BCUT2D eigenvalue weighted by atomic mass is 10.2. The van der Waals surface area contributed by atoms with E-state index in [2.05, 4.69) is 0 Å². The van der Waals surface area contributed by atoms with E-state index < -0.39 is 22.6 Å². The van der Waals surface area contributed by atoms with Gasteiger partial charge < -0.3 is 9.64 Å². The summed E-state index contributed by atoms with van der Waals surface area (Å²) in [5, 5.41) is 3.86. The third-order valence-corrected chi connectivity index (χ3v) is 5.64. The first-order valence-corrected chi connectivity index (χ1v) is 10.4. The lowest BCUT2D eigenvalue weighted by molar-refractivity contribution is -0.133. The summed E-state index contributed by atoms with van der Waals surface area (Å²) in [6.45, 7) is 0.00365. The quantitative estimate of drug-likeness (QED) is 0.668. The Hall–Kier alpha value is -2.39. The Morgan fingerprint density at radius 1 is 1.15 bits per heavy atom. The number of carbonyl (C=O) groups excluding carboxylic acids is 2. The third kappa shape index (κ3) is 5.06. The van der Waals surface area contributed by atoms with Crippen molar-refractivity contribution in [1.82, 2.24) is 4.90 Å². The highest BCUT2D eigenvalue weighted by Crippen LogP contribution is 2.22. The van der Waals surface area contributed by atoms with Crippen molar-refractivity contribution in [3.63, 3.8) is 0 Å². The van der Waals surface area contributed by atoms with Crippen molar-refractivity contribution in [2.24, 2.45) is 0 Å². The highest BCUT2D eigenvalue weighted by atomic mass is 32.2. The summed E-state index contributed by atoms with van der Waals surface area (Å²) >= 11 is 1.54. The minimum absolute atomic E-state index is 0.0775. The molecule has 1 heterocycles. The van der Waals surface area contributed by atoms with Crippen LogP contribution in [0.5, 0.6) is 0 Å². The van der Waals surface area contributed by atoms with E-state index in [-0.39, 0.29) is 17.2 Å². The molecular formula is C17H20N2O5S2. The second-order valence-electron chi connectivity index (χ2n) is 5.71. The molecule has 0 atom stereocenters. The number of anilines is 1. The van der Waals surface area contributed by atoms with Crippen LogP contribution in [0.1, 0.15) is 15.9 Å². The topological polar surface area (TPSA) is 84.0 Å². The molecule has 0 aliphatic rings. The molecular weight excluding hydrogens is 376 g/mol. The number of para-hydroxylation sites is 1. The zero-order valence-corrected chi connectivity index (χ0v) is 16.3. The van der Waals surface area contributed by atoms with Crippen LogP contribution >= 0.6 is 11.3 Å². The van der Waals surface area contributed by atoms with E-state index in [9.17, 15) is 18.0 Å². The molecule has 1 amide bonds. The van der Waals surface area contributed by atoms with Crippen molar-refractivity contribution < 1.29 is 22.7 Å². The summed E-state index contributed by atoms with van der Waals surface area (Å²) in [5.74, 6) is -1.10. The maximum absolute atomic E-state index is 12.3. The van der Waals surface area contributed by atoms with E-state index in [1.54, 1.807) is 19.2 Å². The number of ether oxygens (including phenoxy) is 1. The van der Waals surface area contributed by atoms with Crippen LogP contribution in [-0.2, 0) is 26.1 Å². The lowest BCUT2D eigenvalue weighted by Gasteiger charge is -2.20. The van der Waals surface area contributed by atoms with Gasteiger partial charge in [-0.1, -0.05) is 12.1 Å². The van der Waals surface area contributed by atoms with Crippen molar-refractivity contribution in [3.8, 4) is 0 Å². The first-order valence-electron chi connectivity index (χ1n) is 7.65. The van der Waals surface area contributed by atoms with E-state index in [1.807, 2.05) is 16.8 Å². The van der Waals surface area contributed by atoms with E-state index >= 15 is 0 Å². The van der Waals surface area contributed by atoms with Gasteiger partial charge in [0, 0.05) is 20.6 Å². The monoisotopic (exact) mass is 396 g/mol. The molecule has 0 saturated carbocycles. The van der Waals surface area contributed by atoms with E-state index in [0.717, 1.165) is 16.1 Å². The van der Waals surface area contributed by atoms with Gasteiger partial charge in [0.15, 0.2) is 6.61 Å². The Kier molecular flexibility index (Phi) is 6.38. The number of hydrogen-bond acceptors (Lipinski definition) is 6. The third-order valence-electron chi connectivity index (χ3n) is 3.71. The van der Waals surface area contributed by atoms with Gasteiger partial charge in [-0.05, 0) is 34.5 Å². The van der Waals surface area contributed by atoms with Gasteiger partial charge in [0.25, 0.3) is 5.91 Å². The van der Waals surface area contributed by atoms with Crippen LogP contribution in [0.25, 0.3) is 0 Å². The number of thiophene rings is 1. The summed E-state index contributed by atoms with van der Waals surface area (Å²) in [6.07, 6.45) is 1.04. The van der Waals surface area contributed by atoms with E-state index in [4.69, 9.17) is 4.74 Å². The number of sulfonamides is 1. The van der Waals surface area contributed by atoms with Crippen molar-refractivity contribution in [1.29, 1.82) is 0 Å². The van der Waals surface area contributed by atoms with Crippen molar-refractivity contribution in [3.05, 3.63) is 52.2 Å². The molecule has 0 aliphatic carbocycles. The summed E-state index contributed by atoms with van der Waals surface area (Å²) in [4.78, 5) is 25.9. The maximum atomic E-state index is 12.3. The van der Waals surface area contributed by atoms with E-state index in [1.165, 1.54) is 35.4 Å². The summed E-state index contributed by atoms with van der Waals surface area (Å²) in [5.41, 5.74) is 1.27. The first-order chi connectivity index (χ1) is 12.2. The fourth-order valence-corrected chi connectivity index (χ4v) is 3.34.